The van der Waals surface area contributed by atoms with Crippen LogP contribution in [0.4, 0.5) is 18.9 Å². The van der Waals surface area contributed by atoms with Gasteiger partial charge in [0, 0.05) is 16.3 Å². The van der Waals surface area contributed by atoms with Crippen molar-refractivity contribution in [1.82, 2.24) is 0 Å². The average molecular weight is 297 g/mol. The second-order valence-electron chi connectivity index (χ2n) is 4.45. The van der Waals surface area contributed by atoms with Crippen LogP contribution in [0.2, 0.25) is 0 Å². The van der Waals surface area contributed by atoms with E-state index in [0.717, 1.165) is 33.8 Å². The molecular formula is C15H14F3NS. The number of hydrogen-bond donors (Lipinski definition) is 1. The van der Waals surface area contributed by atoms with Gasteiger partial charge in [-0.05, 0) is 42.3 Å². The van der Waals surface area contributed by atoms with Gasteiger partial charge in [0.2, 0.25) is 0 Å². The molecule has 0 aliphatic heterocycles. The molecule has 0 bridgehead atoms. The lowest BCUT2D eigenvalue weighted by Gasteiger charge is -2.09. The van der Waals surface area contributed by atoms with E-state index in [2.05, 4.69) is 0 Å². The van der Waals surface area contributed by atoms with E-state index in [1.807, 2.05) is 25.1 Å². The third-order valence-corrected chi connectivity index (χ3v) is 4.23. The van der Waals surface area contributed by atoms with Gasteiger partial charge < -0.3 is 5.73 Å². The van der Waals surface area contributed by atoms with Crippen molar-refractivity contribution in [3.63, 3.8) is 0 Å². The number of nitrogen functional groups attached to an aromatic ring is 1. The van der Waals surface area contributed by atoms with Crippen LogP contribution >= 0.6 is 11.8 Å². The van der Waals surface area contributed by atoms with E-state index in [1.165, 1.54) is 12.1 Å². The molecule has 2 aromatic carbocycles. The molecule has 2 aromatic rings. The molecule has 2 N–H and O–H groups in total. The monoisotopic (exact) mass is 297 g/mol. The molecule has 0 heterocycles. The van der Waals surface area contributed by atoms with Gasteiger partial charge in [-0.25, -0.2) is 0 Å². The van der Waals surface area contributed by atoms with Crippen LogP contribution in [0.25, 0.3) is 0 Å². The summed E-state index contributed by atoms with van der Waals surface area (Å²) in [5.41, 5.74) is 7.78. The number of rotatable bonds is 3. The van der Waals surface area contributed by atoms with Crippen LogP contribution < -0.4 is 5.73 Å². The average Bonchev–Trinajstić information content (AvgIpc) is 2.40. The molecule has 5 heteroatoms. The molecule has 1 nitrogen and oxygen atoms in total. The number of halogens is 3. The molecule has 0 amide bonds. The molecule has 0 unspecified atom stereocenters. The summed E-state index contributed by atoms with van der Waals surface area (Å²) in [6.45, 7) is 1.93. The van der Waals surface area contributed by atoms with E-state index in [1.54, 1.807) is 11.8 Å². The molecule has 0 radical (unpaired) electrons. The van der Waals surface area contributed by atoms with E-state index in [-0.39, 0.29) is 0 Å². The van der Waals surface area contributed by atoms with Gasteiger partial charge in [-0.1, -0.05) is 18.2 Å². The Labute approximate surface area is 120 Å². The number of alkyl halides is 3. The molecule has 0 aromatic heterocycles. The molecule has 106 valence electrons. The van der Waals surface area contributed by atoms with E-state index in [9.17, 15) is 13.2 Å². The van der Waals surface area contributed by atoms with Gasteiger partial charge in [0.05, 0.1) is 5.56 Å². The first-order valence-corrected chi connectivity index (χ1v) is 7.00. The van der Waals surface area contributed by atoms with Gasteiger partial charge in [0.25, 0.3) is 0 Å². The molecule has 0 saturated heterocycles. The third kappa shape index (κ3) is 3.48. The fourth-order valence-electron chi connectivity index (χ4n) is 1.74. The summed E-state index contributed by atoms with van der Waals surface area (Å²) in [5, 5.41) is 0. The number of nitrogens with two attached hydrogens (primary N) is 1. The lowest BCUT2D eigenvalue weighted by atomic mass is 10.1. The number of thioether (sulfide) groups is 1. The highest BCUT2D eigenvalue weighted by Gasteiger charge is 2.29. The van der Waals surface area contributed by atoms with Gasteiger partial charge in [0.1, 0.15) is 0 Å². The van der Waals surface area contributed by atoms with E-state index in [4.69, 9.17) is 5.73 Å². The Morgan fingerprint density at radius 3 is 2.30 bits per heavy atom. The van der Waals surface area contributed by atoms with Crippen molar-refractivity contribution in [3.05, 3.63) is 59.2 Å². The summed E-state index contributed by atoms with van der Waals surface area (Å²) in [7, 11) is 0. The van der Waals surface area contributed by atoms with Gasteiger partial charge in [-0.15, -0.1) is 11.8 Å². The Balaban J connectivity index is 2.06. The number of anilines is 1. The maximum Gasteiger partial charge on any atom is 0.416 e. The van der Waals surface area contributed by atoms with Crippen LogP contribution in [0.15, 0.2) is 47.4 Å². The van der Waals surface area contributed by atoms with Crippen LogP contribution in [0.3, 0.4) is 0 Å². The maximum atomic E-state index is 12.4. The molecule has 20 heavy (non-hydrogen) atoms. The van der Waals surface area contributed by atoms with Crippen LogP contribution in [-0.4, -0.2) is 0 Å². The lowest BCUT2D eigenvalue weighted by molar-refractivity contribution is -0.137. The highest BCUT2D eigenvalue weighted by Crippen LogP contribution is 2.31. The Kier molecular flexibility index (Phi) is 4.28. The zero-order valence-electron chi connectivity index (χ0n) is 10.9. The number of hydrogen-bond acceptors (Lipinski definition) is 2. The predicted molar refractivity (Wildman–Crippen MR) is 76.6 cm³/mol. The maximum absolute atomic E-state index is 12.4. The summed E-state index contributed by atoms with van der Waals surface area (Å²) < 4.78 is 37.3. The minimum Gasteiger partial charge on any atom is -0.398 e. The summed E-state index contributed by atoms with van der Waals surface area (Å²) in [5.74, 6) is 0.614. The highest BCUT2D eigenvalue weighted by atomic mass is 32.2. The molecular weight excluding hydrogens is 283 g/mol. The fraction of sp³-hybridized carbons (Fsp3) is 0.200. The zero-order valence-corrected chi connectivity index (χ0v) is 11.7. The first kappa shape index (κ1) is 14.8. The van der Waals surface area contributed by atoms with E-state index >= 15 is 0 Å². The van der Waals surface area contributed by atoms with Gasteiger partial charge >= 0.3 is 6.18 Å². The van der Waals surface area contributed by atoms with E-state index < -0.39 is 11.7 Å². The summed E-state index contributed by atoms with van der Waals surface area (Å²) in [4.78, 5) is 1.05. The quantitative estimate of drug-likeness (QED) is 0.645. The highest BCUT2D eigenvalue weighted by molar-refractivity contribution is 7.98. The van der Waals surface area contributed by atoms with Crippen molar-refractivity contribution in [2.24, 2.45) is 0 Å². The van der Waals surface area contributed by atoms with Gasteiger partial charge in [-0.2, -0.15) is 13.2 Å². The summed E-state index contributed by atoms with van der Waals surface area (Å²) in [6, 6.07) is 10.9. The standard InChI is InChI=1S/C15H14F3NS/c1-10-13(19)3-2-4-14(10)20-9-11-5-7-12(8-6-11)15(16,17)18/h2-8H,9,19H2,1H3. The summed E-state index contributed by atoms with van der Waals surface area (Å²) in [6.07, 6.45) is -4.28. The van der Waals surface area contributed by atoms with Crippen molar-refractivity contribution < 1.29 is 13.2 Å². The fourth-order valence-corrected chi connectivity index (χ4v) is 2.76. The van der Waals surface area contributed by atoms with Crippen molar-refractivity contribution in [2.45, 2.75) is 23.7 Å². The topological polar surface area (TPSA) is 26.0 Å². The largest absolute Gasteiger partial charge is 0.416 e. The smallest absolute Gasteiger partial charge is 0.398 e. The van der Waals surface area contributed by atoms with Crippen LogP contribution in [0.1, 0.15) is 16.7 Å². The lowest BCUT2D eigenvalue weighted by Crippen LogP contribution is -2.04. The Morgan fingerprint density at radius 2 is 1.70 bits per heavy atom. The van der Waals surface area contributed by atoms with Crippen molar-refractivity contribution in [2.75, 3.05) is 5.73 Å². The molecule has 0 aliphatic rings. The van der Waals surface area contributed by atoms with Gasteiger partial charge in [0.15, 0.2) is 0 Å². The third-order valence-electron chi connectivity index (χ3n) is 3.00. The SMILES string of the molecule is Cc1c(N)cccc1SCc1ccc(C(F)(F)F)cc1. The van der Waals surface area contributed by atoms with Crippen LogP contribution in [0, 0.1) is 6.92 Å². The molecule has 0 atom stereocenters. The zero-order chi connectivity index (χ0) is 14.8. The molecule has 0 aliphatic carbocycles. The molecule has 0 spiro atoms. The predicted octanol–water partition coefficient (Wildman–Crippen LogP) is 4.89. The summed E-state index contributed by atoms with van der Waals surface area (Å²) >= 11 is 1.57. The van der Waals surface area contributed by atoms with Crippen molar-refractivity contribution >= 4 is 17.4 Å². The second-order valence-corrected chi connectivity index (χ2v) is 5.47. The Morgan fingerprint density at radius 1 is 1.05 bits per heavy atom. The van der Waals surface area contributed by atoms with Crippen LogP contribution in [0.5, 0.6) is 0 Å². The Bertz CT molecular complexity index is 591. The first-order chi connectivity index (χ1) is 9.38. The molecule has 0 fully saturated rings. The van der Waals surface area contributed by atoms with E-state index in [0.29, 0.717) is 5.75 Å². The van der Waals surface area contributed by atoms with Crippen molar-refractivity contribution in [3.8, 4) is 0 Å². The van der Waals surface area contributed by atoms with Gasteiger partial charge in [-0.3, -0.25) is 0 Å². The first-order valence-electron chi connectivity index (χ1n) is 6.02. The molecule has 0 saturated carbocycles. The number of benzene rings is 2. The van der Waals surface area contributed by atoms with Crippen LogP contribution in [-0.2, 0) is 11.9 Å². The van der Waals surface area contributed by atoms with Crippen molar-refractivity contribution in [1.29, 1.82) is 0 Å². The minimum atomic E-state index is -4.28. The molecule has 2 rings (SSSR count). The Hall–Kier alpha value is -1.62. The normalized spacial score (nSPS) is 11.6. The second kappa shape index (κ2) is 5.79. The minimum absolute atomic E-state index is 0.614.